The fraction of sp³-hybridized carbons (Fsp3) is 0.111. The number of carbonyl (C=O) groups excluding carboxylic acids is 2. The lowest BCUT2D eigenvalue weighted by molar-refractivity contribution is 0.211. The van der Waals surface area contributed by atoms with Crippen LogP contribution in [0.1, 0.15) is 5.56 Å². The predicted molar refractivity (Wildman–Crippen MR) is 50.3 cm³/mol. The van der Waals surface area contributed by atoms with Gasteiger partial charge in [-0.1, -0.05) is 22.7 Å². The molecule has 1 amide bonds. The van der Waals surface area contributed by atoms with Crippen LogP contribution in [0.4, 0.5) is 4.79 Å². The van der Waals surface area contributed by atoms with E-state index in [4.69, 9.17) is 16.3 Å². The Morgan fingerprint density at radius 1 is 1.57 bits per heavy atom. The molecule has 0 saturated heterocycles. The summed E-state index contributed by atoms with van der Waals surface area (Å²) in [5.74, 6) is 0.279. The van der Waals surface area contributed by atoms with Crippen molar-refractivity contribution in [2.24, 2.45) is 4.99 Å². The summed E-state index contributed by atoms with van der Waals surface area (Å²) in [6.45, 7) is 1.74. The SMILES string of the molecule is Cc1ccc(Cl)cc1OC(=O)N=C=O. The van der Waals surface area contributed by atoms with Crippen LogP contribution in [0.5, 0.6) is 5.75 Å². The molecule has 0 heterocycles. The minimum absolute atomic E-state index is 0.279. The number of hydrogen-bond donors (Lipinski definition) is 0. The number of amides is 1. The molecule has 0 aliphatic carbocycles. The molecule has 4 nitrogen and oxygen atoms in total. The number of rotatable bonds is 1. The lowest BCUT2D eigenvalue weighted by Gasteiger charge is -2.03. The molecule has 0 aliphatic rings. The molecule has 0 fully saturated rings. The van der Waals surface area contributed by atoms with E-state index in [1.165, 1.54) is 6.07 Å². The zero-order valence-corrected chi connectivity index (χ0v) is 8.04. The van der Waals surface area contributed by atoms with E-state index in [1.54, 1.807) is 19.1 Å². The number of hydrogen-bond acceptors (Lipinski definition) is 3. The van der Waals surface area contributed by atoms with E-state index < -0.39 is 6.09 Å². The van der Waals surface area contributed by atoms with Crippen molar-refractivity contribution in [2.45, 2.75) is 6.92 Å². The maximum atomic E-state index is 10.8. The first-order valence-corrected chi connectivity index (χ1v) is 4.07. The van der Waals surface area contributed by atoms with Gasteiger partial charge in [0.25, 0.3) is 0 Å². The fourth-order valence-electron chi connectivity index (χ4n) is 0.838. The number of nitrogens with zero attached hydrogens (tertiary/aromatic N) is 1. The molecular formula is C9H6ClNO3. The Bertz CT molecular complexity index is 411. The number of aliphatic imine (C=N–C) groups is 1. The second kappa shape index (κ2) is 4.56. The van der Waals surface area contributed by atoms with Crippen molar-refractivity contribution in [1.82, 2.24) is 0 Å². The number of isocyanates is 1. The Labute approximate surface area is 85.2 Å². The van der Waals surface area contributed by atoms with Crippen LogP contribution in [0.3, 0.4) is 0 Å². The Morgan fingerprint density at radius 2 is 2.29 bits per heavy atom. The predicted octanol–water partition coefficient (Wildman–Crippen LogP) is 2.48. The van der Waals surface area contributed by atoms with E-state index in [9.17, 15) is 9.59 Å². The molecule has 14 heavy (non-hydrogen) atoms. The summed E-state index contributed by atoms with van der Waals surface area (Å²) in [6.07, 6.45) is 0.0803. The van der Waals surface area contributed by atoms with Crippen LogP contribution in [-0.2, 0) is 4.79 Å². The first-order valence-electron chi connectivity index (χ1n) is 3.69. The fourth-order valence-corrected chi connectivity index (χ4v) is 1.00. The normalized spacial score (nSPS) is 9.00. The minimum atomic E-state index is -1.01. The standard InChI is InChI=1S/C9H6ClNO3/c1-6-2-3-7(10)4-8(6)14-9(13)11-5-12/h2-4H,1H3. The first kappa shape index (κ1) is 10.4. The first-order chi connectivity index (χ1) is 6.63. The van der Waals surface area contributed by atoms with Gasteiger partial charge in [-0.2, -0.15) is 0 Å². The van der Waals surface area contributed by atoms with Gasteiger partial charge in [0.15, 0.2) is 0 Å². The number of aryl methyl sites for hydroxylation is 1. The molecule has 1 aromatic rings. The average Bonchev–Trinajstić information content (AvgIpc) is 2.12. The largest absolute Gasteiger partial charge is 0.450 e. The van der Waals surface area contributed by atoms with Crippen molar-refractivity contribution < 1.29 is 14.3 Å². The molecule has 0 N–H and O–H groups in total. The summed E-state index contributed by atoms with van der Waals surface area (Å²) in [5.41, 5.74) is 0.726. The van der Waals surface area contributed by atoms with Crippen LogP contribution >= 0.6 is 11.6 Å². The zero-order valence-electron chi connectivity index (χ0n) is 7.28. The van der Waals surface area contributed by atoms with Crippen LogP contribution in [-0.4, -0.2) is 12.2 Å². The van der Waals surface area contributed by atoms with Crippen molar-refractivity contribution in [2.75, 3.05) is 0 Å². The molecule has 1 rings (SSSR count). The van der Waals surface area contributed by atoms with Crippen LogP contribution in [0.15, 0.2) is 23.2 Å². The Hall–Kier alpha value is -1.64. The highest BCUT2D eigenvalue weighted by Crippen LogP contribution is 2.22. The Balaban J connectivity index is 2.90. The Kier molecular flexibility index (Phi) is 3.40. The highest BCUT2D eigenvalue weighted by Gasteiger charge is 2.05. The summed E-state index contributed by atoms with van der Waals surface area (Å²) in [6, 6.07) is 4.82. The van der Waals surface area contributed by atoms with Crippen molar-refractivity contribution in [3.05, 3.63) is 28.8 Å². The molecule has 0 spiro atoms. The van der Waals surface area contributed by atoms with E-state index in [0.717, 1.165) is 11.6 Å². The average molecular weight is 212 g/mol. The van der Waals surface area contributed by atoms with E-state index in [0.29, 0.717) is 5.02 Å². The zero-order chi connectivity index (χ0) is 10.6. The third kappa shape index (κ3) is 2.69. The van der Waals surface area contributed by atoms with Gasteiger partial charge in [-0.15, -0.1) is 0 Å². The van der Waals surface area contributed by atoms with Crippen LogP contribution in [0, 0.1) is 6.92 Å². The molecule has 0 atom stereocenters. The number of halogens is 1. The molecule has 72 valence electrons. The van der Waals surface area contributed by atoms with Gasteiger partial charge in [0.05, 0.1) is 0 Å². The quantitative estimate of drug-likeness (QED) is 0.530. The molecule has 0 bridgehead atoms. The lowest BCUT2D eigenvalue weighted by Crippen LogP contribution is -2.02. The summed E-state index contributed by atoms with van der Waals surface area (Å²) in [7, 11) is 0. The van der Waals surface area contributed by atoms with Gasteiger partial charge in [-0.05, 0) is 24.6 Å². The van der Waals surface area contributed by atoms with Crippen LogP contribution < -0.4 is 4.74 Å². The summed E-state index contributed by atoms with van der Waals surface area (Å²) >= 11 is 5.68. The third-order valence-electron chi connectivity index (χ3n) is 1.48. The molecule has 0 unspecified atom stereocenters. The van der Waals surface area contributed by atoms with Gasteiger partial charge in [0.1, 0.15) is 5.75 Å². The van der Waals surface area contributed by atoms with Crippen LogP contribution in [0.25, 0.3) is 0 Å². The molecule has 0 aromatic heterocycles. The smallest absolute Gasteiger partial charge is 0.408 e. The topological polar surface area (TPSA) is 55.7 Å². The number of carbonyl (C=O) groups is 1. The maximum Gasteiger partial charge on any atom is 0.450 e. The summed E-state index contributed by atoms with van der Waals surface area (Å²) < 4.78 is 4.71. The van der Waals surface area contributed by atoms with E-state index >= 15 is 0 Å². The second-order valence-corrected chi connectivity index (χ2v) is 2.92. The van der Waals surface area contributed by atoms with E-state index in [1.807, 2.05) is 0 Å². The van der Waals surface area contributed by atoms with Gasteiger partial charge < -0.3 is 4.74 Å². The minimum Gasteiger partial charge on any atom is -0.408 e. The van der Waals surface area contributed by atoms with Gasteiger partial charge in [0.2, 0.25) is 6.08 Å². The van der Waals surface area contributed by atoms with Crippen LogP contribution in [0.2, 0.25) is 5.02 Å². The molecule has 0 radical (unpaired) electrons. The van der Waals surface area contributed by atoms with Crippen molar-refractivity contribution in [3.63, 3.8) is 0 Å². The van der Waals surface area contributed by atoms with Gasteiger partial charge in [0, 0.05) is 5.02 Å². The highest BCUT2D eigenvalue weighted by atomic mass is 35.5. The van der Waals surface area contributed by atoms with E-state index in [2.05, 4.69) is 4.99 Å². The molecule has 0 aliphatic heterocycles. The monoisotopic (exact) mass is 211 g/mol. The van der Waals surface area contributed by atoms with Gasteiger partial charge in [-0.25, -0.2) is 9.59 Å². The molecule has 0 saturated carbocycles. The summed E-state index contributed by atoms with van der Waals surface area (Å²) in [5, 5.41) is 0.438. The highest BCUT2D eigenvalue weighted by molar-refractivity contribution is 6.30. The number of benzene rings is 1. The van der Waals surface area contributed by atoms with E-state index in [-0.39, 0.29) is 5.75 Å². The third-order valence-corrected chi connectivity index (χ3v) is 1.72. The number of ether oxygens (including phenoxy) is 1. The Morgan fingerprint density at radius 3 is 2.93 bits per heavy atom. The van der Waals surface area contributed by atoms with Gasteiger partial charge in [-0.3, -0.25) is 0 Å². The lowest BCUT2D eigenvalue weighted by atomic mass is 10.2. The molecule has 1 aromatic carbocycles. The van der Waals surface area contributed by atoms with Gasteiger partial charge >= 0.3 is 6.09 Å². The molecule has 5 heteroatoms. The van der Waals surface area contributed by atoms with Crippen molar-refractivity contribution >= 4 is 23.8 Å². The second-order valence-electron chi connectivity index (χ2n) is 2.48. The molecular weight excluding hydrogens is 206 g/mol. The maximum absolute atomic E-state index is 10.8. The summed E-state index contributed by atoms with van der Waals surface area (Å²) in [4.78, 5) is 23.3. The van der Waals surface area contributed by atoms with Crippen molar-refractivity contribution in [3.8, 4) is 5.75 Å². The van der Waals surface area contributed by atoms with Crippen molar-refractivity contribution in [1.29, 1.82) is 0 Å².